The van der Waals surface area contributed by atoms with Crippen LogP contribution in [0, 0.1) is 5.92 Å². The van der Waals surface area contributed by atoms with Crippen LogP contribution in [0.3, 0.4) is 0 Å². The molecule has 1 N–H and O–H groups in total. The Bertz CT molecular complexity index is 993. The van der Waals surface area contributed by atoms with Crippen molar-refractivity contribution in [3.8, 4) is 5.75 Å². The zero-order chi connectivity index (χ0) is 23.5. The van der Waals surface area contributed by atoms with E-state index in [0.717, 1.165) is 69.0 Å². The van der Waals surface area contributed by atoms with Gasteiger partial charge in [-0.05, 0) is 81.4 Å². The number of benzene rings is 1. The number of nitrogens with zero attached hydrogens (tertiary/aromatic N) is 3. The predicted molar refractivity (Wildman–Crippen MR) is 136 cm³/mol. The molecule has 1 aromatic heterocycles. The second-order valence-corrected chi connectivity index (χ2v) is 10.6. The summed E-state index contributed by atoms with van der Waals surface area (Å²) < 4.78 is 5.88. The standard InChI is InChI=1S/C26H32Cl2N4O2/c27-20-4-8-25(29-15-20)32-12-9-19(16-32)26(33)30-21(17-31-10-1-2-11-31)13-18-3-7-24(23(28)14-18)34-22-5-6-22/h3-4,7-8,14-15,19,21-22H,1-2,5-6,9-13,16-17H2,(H,30,33). The number of ether oxygens (including phenoxy) is 1. The van der Waals surface area contributed by atoms with E-state index < -0.39 is 0 Å². The predicted octanol–water partition coefficient (Wildman–Crippen LogP) is 4.58. The van der Waals surface area contributed by atoms with Crippen LogP contribution in [0.25, 0.3) is 0 Å². The summed E-state index contributed by atoms with van der Waals surface area (Å²) in [5.74, 6) is 1.71. The number of carbonyl (C=O) groups is 1. The van der Waals surface area contributed by atoms with Crippen LogP contribution >= 0.6 is 23.2 Å². The SMILES string of the molecule is O=C(NC(Cc1ccc(OC2CC2)c(Cl)c1)CN1CCCC1)C1CCN(c2ccc(Cl)cn2)C1. The number of aromatic nitrogens is 1. The van der Waals surface area contributed by atoms with Gasteiger partial charge in [-0.1, -0.05) is 29.3 Å². The fourth-order valence-corrected chi connectivity index (χ4v) is 5.27. The third-order valence-electron chi connectivity index (χ3n) is 6.91. The molecule has 1 aromatic carbocycles. The number of likely N-dealkylation sites (tertiary alicyclic amines) is 1. The molecule has 5 rings (SSSR count). The molecule has 3 heterocycles. The van der Waals surface area contributed by atoms with Gasteiger partial charge in [0.25, 0.3) is 0 Å². The van der Waals surface area contributed by atoms with Gasteiger partial charge in [-0.2, -0.15) is 0 Å². The van der Waals surface area contributed by atoms with E-state index in [9.17, 15) is 4.79 Å². The summed E-state index contributed by atoms with van der Waals surface area (Å²) in [6.45, 7) is 4.55. The quantitative estimate of drug-likeness (QED) is 0.543. The highest BCUT2D eigenvalue weighted by Crippen LogP contribution is 2.32. The molecular formula is C26H32Cl2N4O2. The van der Waals surface area contributed by atoms with E-state index in [4.69, 9.17) is 27.9 Å². The molecule has 1 saturated carbocycles. The molecule has 2 saturated heterocycles. The maximum absolute atomic E-state index is 13.3. The van der Waals surface area contributed by atoms with Crippen LogP contribution in [0.15, 0.2) is 36.5 Å². The lowest BCUT2D eigenvalue weighted by Gasteiger charge is -2.26. The Morgan fingerprint density at radius 3 is 2.65 bits per heavy atom. The number of pyridine rings is 1. The fraction of sp³-hybridized carbons (Fsp3) is 0.538. The lowest BCUT2D eigenvalue weighted by atomic mass is 10.0. The summed E-state index contributed by atoms with van der Waals surface area (Å²) in [6, 6.07) is 9.84. The van der Waals surface area contributed by atoms with Gasteiger partial charge >= 0.3 is 0 Å². The molecule has 0 bridgehead atoms. The number of hydrogen-bond donors (Lipinski definition) is 1. The van der Waals surface area contributed by atoms with Crippen LogP contribution in [0.1, 0.15) is 37.7 Å². The zero-order valence-electron chi connectivity index (χ0n) is 19.4. The van der Waals surface area contributed by atoms with E-state index >= 15 is 0 Å². The number of carbonyl (C=O) groups excluding carboxylic acids is 1. The number of anilines is 1. The van der Waals surface area contributed by atoms with E-state index in [0.29, 0.717) is 22.7 Å². The maximum atomic E-state index is 13.3. The largest absolute Gasteiger partial charge is 0.489 e. The third kappa shape index (κ3) is 6.15. The number of halogens is 2. The highest BCUT2D eigenvalue weighted by atomic mass is 35.5. The molecule has 2 aliphatic heterocycles. The Morgan fingerprint density at radius 2 is 1.94 bits per heavy atom. The van der Waals surface area contributed by atoms with Gasteiger partial charge in [-0.25, -0.2) is 4.98 Å². The van der Waals surface area contributed by atoms with Crippen molar-refractivity contribution in [2.75, 3.05) is 37.6 Å². The molecule has 34 heavy (non-hydrogen) atoms. The van der Waals surface area contributed by atoms with Crippen LogP contribution < -0.4 is 15.0 Å². The smallest absolute Gasteiger partial charge is 0.225 e. The average Bonchev–Trinajstić information content (AvgIpc) is 3.26. The monoisotopic (exact) mass is 502 g/mol. The molecule has 3 aliphatic rings. The van der Waals surface area contributed by atoms with E-state index in [1.54, 1.807) is 6.20 Å². The molecular weight excluding hydrogens is 471 g/mol. The molecule has 2 atom stereocenters. The number of rotatable bonds is 9. The first-order valence-corrected chi connectivity index (χ1v) is 13.1. The summed E-state index contributed by atoms with van der Waals surface area (Å²) in [5, 5.41) is 4.64. The molecule has 8 heteroatoms. The fourth-order valence-electron chi connectivity index (χ4n) is 4.91. The second kappa shape index (κ2) is 10.7. The number of nitrogens with one attached hydrogen (secondary N) is 1. The molecule has 1 amide bonds. The van der Waals surface area contributed by atoms with Gasteiger partial charge in [0.1, 0.15) is 11.6 Å². The van der Waals surface area contributed by atoms with Gasteiger partial charge in [0.2, 0.25) is 5.91 Å². The van der Waals surface area contributed by atoms with Gasteiger partial charge < -0.3 is 19.9 Å². The van der Waals surface area contributed by atoms with Crippen molar-refractivity contribution in [3.63, 3.8) is 0 Å². The van der Waals surface area contributed by atoms with Crippen LogP contribution in [-0.4, -0.2) is 60.7 Å². The first kappa shape index (κ1) is 23.7. The Morgan fingerprint density at radius 1 is 1.12 bits per heavy atom. The highest BCUT2D eigenvalue weighted by molar-refractivity contribution is 6.32. The minimum atomic E-state index is -0.0449. The summed E-state index contributed by atoms with van der Waals surface area (Å²) in [6.07, 6.45) is 8.22. The van der Waals surface area contributed by atoms with Crippen molar-refractivity contribution >= 4 is 34.9 Å². The second-order valence-electron chi connectivity index (χ2n) is 9.77. The van der Waals surface area contributed by atoms with Crippen molar-refractivity contribution in [2.45, 2.75) is 50.7 Å². The molecule has 2 unspecified atom stereocenters. The summed E-state index contributed by atoms with van der Waals surface area (Å²) in [7, 11) is 0. The Balaban J connectivity index is 1.22. The van der Waals surface area contributed by atoms with Crippen molar-refractivity contribution in [1.82, 2.24) is 15.2 Å². The summed E-state index contributed by atoms with van der Waals surface area (Å²) in [4.78, 5) is 22.3. The molecule has 182 valence electrons. The number of amides is 1. The maximum Gasteiger partial charge on any atom is 0.225 e. The normalized spacial score (nSPS) is 21.6. The average molecular weight is 503 g/mol. The third-order valence-corrected chi connectivity index (χ3v) is 7.43. The Kier molecular flexibility index (Phi) is 7.47. The van der Waals surface area contributed by atoms with E-state index in [2.05, 4.69) is 26.2 Å². The van der Waals surface area contributed by atoms with Crippen LogP contribution in [0.5, 0.6) is 5.75 Å². The molecule has 3 fully saturated rings. The van der Waals surface area contributed by atoms with Gasteiger partial charge in [-0.3, -0.25) is 4.79 Å². The molecule has 1 aliphatic carbocycles. The molecule has 0 spiro atoms. The van der Waals surface area contributed by atoms with Crippen molar-refractivity contribution in [3.05, 3.63) is 52.1 Å². The molecule has 2 aromatic rings. The van der Waals surface area contributed by atoms with Crippen molar-refractivity contribution in [1.29, 1.82) is 0 Å². The molecule has 0 radical (unpaired) electrons. The van der Waals surface area contributed by atoms with E-state index in [1.165, 1.54) is 12.8 Å². The van der Waals surface area contributed by atoms with E-state index in [1.807, 2.05) is 24.3 Å². The first-order valence-electron chi connectivity index (χ1n) is 12.4. The van der Waals surface area contributed by atoms with Gasteiger partial charge in [0.15, 0.2) is 0 Å². The minimum Gasteiger partial charge on any atom is -0.489 e. The first-order chi connectivity index (χ1) is 16.5. The lowest BCUT2D eigenvalue weighted by molar-refractivity contribution is -0.125. The van der Waals surface area contributed by atoms with Crippen LogP contribution in [0.4, 0.5) is 5.82 Å². The Hall–Kier alpha value is -2.02. The summed E-state index contributed by atoms with van der Waals surface area (Å²) >= 11 is 12.5. The minimum absolute atomic E-state index is 0.0413. The van der Waals surface area contributed by atoms with Gasteiger partial charge in [-0.15, -0.1) is 0 Å². The summed E-state index contributed by atoms with van der Waals surface area (Å²) in [5.41, 5.74) is 1.12. The van der Waals surface area contributed by atoms with Gasteiger partial charge in [0, 0.05) is 31.9 Å². The lowest BCUT2D eigenvalue weighted by Crippen LogP contribution is -2.46. The zero-order valence-corrected chi connectivity index (χ0v) is 20.9. The Labute approximate surface area is 211 Å². The van der Waals surface area contributed by atoms with Crippen LogP contribution in [-0.2, 0) is 11.2 Å². The van der Waals surface area contributed by atoms with Crippen molar-refractivity contribution in [2.24, 2.45) is 5.92 Å². The topological polar surface area (TPSA) is 57.7 Å². The molecule has 6 nitrogen and oxygen atoms in total. The van der Waals surface area contributed by atoms with Crippen LogP contribution in [0.2, 0.25) is 10.0 Å². The van der Waals surface area contributed by atoms with Gasteiger partial charge in [0.05, 0.1) is 22.1 Å². The van der Waals surface area contributed by atoms with Crippen molar-refractivity contribution < 1.29 is 9.53 Å². The highest BCUT2D eigenvalue weighted by Gasteiger charge is 2.31. The van der Waals surface area contributed by atoms with E-state index in [-0.39, 0.29) is 17.9 Å². The number of hydrogen-bond acceptors (Lipinski definition) is 5.